The summed E-state index contributed by atoms with van der Waals surface area (Å²) in [6, 6.07) is 2.22. The minimum atomic E-state index is -1.13. The largest absolute Gasteiger partial charge is 0.391 e. The number of aromatic nitrogens is 1. The van der Waals surface area contributed by atoms with Crippen molar-refractivity contribution in [2.24, 2.45) is 0 Å². The lowest BCUT2D eigenvalue weighted by molar-refractivity contribution is -0.137. The SMILES string of the molecule is Cc1[nH]c(C=C2C(=O)Nc3ccc(F)c(F)c32)c(C)c1C(=O)NCC(O)CC(=O)N1CCOCC1. The first-order valence-electron chi connectivity index (χ1n) is 11.2. The van der Waals surface area contributed by atoms with Crippen LogP contribution in [-0.2, 0) is 14.3 Å². The molecule has 1 fully saturated rings. The molecule has 0 saturated carbocycles. The van der Waals surface area contributed by atoms with Gasteiger partial charge in [0, 0.05) is 36.6 Å². The zero-order valence-electron chi connectivity index (χ0n) is 19.3. The number of aromatic amines is 1. The number of hydrogen-bond acceptors (Lipinski definition) is 5. The van der Waals surface area contributed by atoms with Crippen LogP contribution in [0.15, 0.2) is 12.1 Å². The fraction of sp³-hybridized carbons (Fsp3) is 0.375. The fourth-order valence-corrected chi connectivity index (χ4v) is 4.28. The van der Waals surface area contributed by atoms with Crippen LogP contribution >= 0.6 is 0 Å². The Morgan fingerprint density at radius 1 is 1.26 bits per heavy atom. The van der Waals surface area contributed by atoms with Gasteiger partial charge in [0.2, 0.25) is 5.91 Å². The Bertz CT molecular complexity index is 1220. The summed E-state index contributed by atoms with van der Waals surface area (Å²) < 4.78 is 33.3. The van der Waals surface area contributed by atoms with Crippen molar-refractivity contribution in [1.82, 2.24) is 15.2 Å². The minimum absolute atomic E-state index is 0.0645. The van der Waals surface area contributed by atoms with Gasteiger partial charge in [-0.1, -0.05) is 0 Å². The number of nitrogens with zero attached hydrogens (tertiary/aromatic N) is 1. The number of aliphatic hydroxyl groups is 1. The van der Waals surface area contributed by atoms with Gasteiger partial charge in [-0.2, -0.15) is 0 Å². The van der Waals surface area contributed by atoms with E-state index < -0.39 is 29.6 Å². The lowest BCUT2D eigenvalue weighted by atomic mass is 10.0. The summed E-state index contributed by atoms with van der Waals surface area (Å²) in [6.45, 7) is 5.03. The van der Waals surface area contributed by atoms with E-state index in [1.165, 1.54) is 12.1 Å². The van der Waals surface area contributed by atoms with Crippen LogP contribution in [0.4, 0.5) is 14.5 Å². The smallest absolute Gasteiger partial charge is 0.256 e. The van der Waals surface area contributed by atoms with E-state index in [1.807, 2.05) is 0 Å². The van der Waals surface area contributed by atoms with Crippen LogP contribution in [0.2, 0.25) is 0 Å². The molecule has 2 aliphatic rings. The van der Waals surface area contributed by atoms with Gasteiger partial charge < -0.3 is 30.4 Å². The standard InChI is InChI=1S/C24H26F2N4O5/c1-12-18(10-15-21-17(29-23(15)33)4-3-16(25)22(21)26)28-13(2)20(12)24(34)27-11-14(31)9-19(32)30-5-7-35-8-6-30/h3-4,10,14,28,31H,5-9,11H2,1-2H3,(H,27,34)(H,29,33). The molecule has 0 spiro atoms. The highest BCUT2D eigenvalue weighted by Crippen LogP contribution is 2.36. The molecule has 1 atom stereocenters. The number of ether oxygens (including phenoxy) is 1. The molecule has 0 radical (unpaired) electrons. The Balaban J connectivity index is 1.46. The number of anilines is 1. The number of hydrogen-bond donors (Lipinski definition) is 4. The average Bonchev–Trinajstić information content (AvgIpc) is 3.30. The van der Waals surface area contributed by atoms with Crippen LogP contribution in [-0.4, -0.2) is 71.7 Å². The number of halogens is 2. The van der Waals surface area contributed by atoms with Gasteiger partial charge >= 0.3 is 0 Å². The first-order valence-corrected chi connectivity index (χ1v) is 11.2. The van der Waals surface area contributed by atoms with Crippen molar-refractivity contribution >= 4 is 35.1 Å². The normalized spacial score (nSPS) is 17.3. The highest BCUT2D eigenvalue weighted by Gasteiger charge is 2.30. The van der Waals surface area contributed by atoms with Gasteiger partial charge in [-0.3, -0.25) is 14.4 Å². The molecule has 2 aromatic rings. The van der Waals surface area contributed by atoms with Gasteiger partial charge in [0.1, 0.15) is 0 Å². The summed E-state index contributed by atoms with van der Waals surface area (Å²) >= 11 is 0. The van der Waals surface area contributed by atoms with Gasteiger partial charge in [0.05, 0.1) is 42.6 Å². The number of carbonyl (C=O) groups is 3. The summed E-state index contributed by atoms with van der Waals surface area (Å²) in [5, 5.41) is 15.4. The second-order valence-electron chi connectivity index (χ2n) is 8.52. The maximum atomic E-state index is 14.4. The molecular weight excluding hydrogens is 462 g/mol. The molecule has 35 heavy (non-hydrogen) atoms. The van der Waals surface area contributed by atoms with E-state index in [0.717, 1.165) is 6.07 Å². The van der Waals surface area contributed by atoms with Crippen LogP contribution in [0.25, 0.3) is 11.6 Å². The second-order valence-corrected chi connectivity index (χ2v) is 8.52. The van der Waals surface area contributed by atoms with Crippen molar-refractivity contribution in [2.75, 3.05) is 38.2 Å². The number of nitrogens with one attached hydrogen (secondary N) is 3. The highest BCUT2D eigenvalue weighted by atomic mass is 19.2. The number of H-pyrrole nitrogens is 1. The van der Waals surface area contributed by atoms with Crippen molar-refractivity contribution in [1.29, 1.82) is 0 Å². The number of rotatable bonds is 6. The molecule has 2 aliphatic heterocycles. The Morgan fingerprint density at radius 3 is 2.69 bits per heavy atom. The van der Waals surface area contributed by atoms with Crippen LogP contribution in [0, 0.1) is 25.5 Å². The molecule has 0 aliphatic carbocycles. The lowest BCUT2D eigenvalue weighted by Gasteiger charge is -2.27. The predicted molar refractivity (Wildman–Crippen MR) is 123 cm³/mol. The Labute approximate surface area is 200 Å². The van der Waals surface area contributed by atoms with Gasteiger partial charge in [-0.15, -0.1) is 0 Å². The van der Waals surface area contributed by atoms with E-state index in [-0.39, 0.29) is 35.7 Å². The average molecular weight is 488 g/mol. The van der Waals surface area contributed by atoms with E-state index in [9.17, 15) is 28.3 Å². The first-order chi connectivity index (χ1) is 16.7. The van der Waals surface area contributed by atoms with Crippen molar-refractivity contribution in [2.45, 2.75) is 26.4 Å². The summed E-state index contributed by atoms with van der Waals surface area (Å²) in [5.74, 6) is -3.48. The van der Waals surface area contributed by atoms with E-state index in [2.05, 4.69) is 15.6 Å². The Kier molecular flexibility index (Phi) is 6.99. The summed E-state index contributed by atoms with van der Waals surface area (Å²) in [5.41, 5.74) is 1.60. The molecule has 3 amide bonds. The van der Waals surface area contributed by atoms with Crippen LogP contribution < -0.4 is 10.6 Å². The van der Waals surface area contributed by atoms with E-state index >= 15 is 0 Å². The number of morpholine rings is 1. The number of aryl methyl sites for hydroxylation is 1. The van der Waals surface area contributed by atoms with Gasteiger partial charge in [0.25, 0.3) is 11.8 Å². The van der Waals surface area contributed by atoms with Crippen LogP contribution in [0.1, 0.15) is 39.3 Å². The maximum absolute atomic E-state index is 14.4. The van der Waals surface area contributed by atoms with E-state index in [0.29, 0.717) is 48.8 Å². The van der Waals surface area contributed by atoms with Gasteiger partial charge in [0.15, 0.2) is 11.6 Å². The molecule has 4 rings (SSSR count). The summed E-state index contributed by atoms with van der Waals surface area (Å²) in [4.78, 5) is 42.1. The molecule has 1 aromatic carbocycles. The monoisotopic (exact) mass is 488 g/mol. The predicted octanol–water partition coefficient (Wildman–Crippen LogP) is 1.74. The van der Waals surface area contributed by atoms with Crippen molar-refractivity contribution < 1.29 is 33.0 Å². The molecular formula is C24H26F2N4O5. The van der Waals surface area contributed by atoms with E-state index in [1.54, 1.807) is 18.7 Å². The molecule has 9 nitrogen and oxygen atoms in total. The number of benzene rings is 1. The maximum Gasteiger partial charge on any atom is 0.256 e. The molecule has 0 bridgehead atoms. The van der Waals surface area contributed by atoms with Gasteiger partial charge in [-0.05, 0) is 37.6 Å². The molecule has 3 heterocycles. The summed E-state index contributed by atoms with van der Waals surface area (Å²) in [6.07, 6.45) is 0.185. The molecule has 186 valence electrons. The third kappa shape index (κ3) is 4.96. The minimum Gasteiger partial charge on any atom is -0.391 e. The van der Waals surface area contributed by atoms with E-state index in [4.69, 9.17) is 4.74 Å². The van der Waals surface area contributed by atoms with Crippen molar-refractivity contribution in [3.63, 3.8) is 0 Å². The third-order valence-electron chi connectivity index (χ3n) is 6.12. The molecule has 1 aromatic heterocycles. The quantitative estimate of drug-likeness (QED) is 0.462. The lowest BCUT2D eigenvalue weighted by Crippen LogP contribution is -2.43. The Hall–Kier alpha value is -3.57. The Morgan fingerprint density at radius 2 is 1.97 bits per heavy atom. The number of amides is 3. The molecule has 1 saturated heterocycles. The van der Waals surface area contributed by atoms with Gasteiger partial charge in [-0.25, -0.2) is 8.78 Å². The number of aliphatic hydroxyl groups excluding tert-OH is 1. The zero-order valence-corrected chi connectivity index (χ0v) is 19.3. The highest BCUT2D eigenvalue weighted by molar-refractivity contribution is 6.35. The first kappa shape index (κ1) is 24.6. The van der Waals surface area contributed by atoms with Crippen LogP contribution in [0.5, 0.6) is 0 Å². The zero-order chi connectivity index (χ0) is 25.3. The third-order valence-corrected chi connectivity index (χ3v) is 6.12. The summed E-state index contributed by atoms with van der Waals surface area (Å²) in [7, 11) is 0. The van der Waals surface area contributed by atoms with Crippen LogP contribution in [0.3, 0.4) is 0 Å². The second kappa shape index (κ2) is 9.96. The molecule has 11 heteroatoms. The van der Waals surface area contributed by atoms with Crippen molar-refractivity contribution in [3.8, 4) is 0 Å². The molecule has 1 unspecified atom stereocenters. The van der Waals surface area contributed by atoms with Crippen molar-refractivity contribution in [3.05, 3.63) is 51.8 Å². The number of fused-ring (bicyclic) bond motifs is 1. The number of carbonyl (C=O) groups excluding carboxylic acids is 3. The fourth-order valence-electron chi connectivity index (χ4n) is 4.28. The molecule has 4 N–H and O–H groups in total. The topological polar surface area (TPSA) is 124 Å².